The third kappa shape index (κ3) is 5.21. The molecule has 0 radical (unpaired) electrons. The van der Waals surface area contributed by atoms with Crippen molar-refractivity contribution < 1.29 is 4.79 Å². The minimum absolute atomic E-state index is 0.0143. The Bertz CT molecular complexity index is 674. The topological polar surface area (TPSA) is 35.6 Å². The van der Waals surface area contributed by atoms with E-state index in [1.807, 2.05) is 36.1 Å². The normalized spacial score (nSPS) is 17.1. The number of carbonyl (C=O) groups excluding carboxylic acids is 1. The Morgan fingerprint density at radius 2 is 2.00 bits per heavy atom. The van der Waals surface area contributed by atoms with E-state index in [1.165, 1.54) is 4.88 Å². The first kappa shape index (κ1) is 18.2. The molecule has 25 heavy (non-hydrogen) atoms. The van der Waals surface area contributed by atoms with Gasteiger partial charge in [0.25, 0.3) is 0 Å². The fourth-order valence-corrected chi connectivity index (χ4v) is 3.94. The highest BCUT2D eigenvalue weighted by Gasteiger charge is 2.20. The Morgan fingerprint density at radius 1 is 1.20 bits per heavy atom. The summed E-state index contributed by atoms with van der Waals surface area (Å²) in [5.74, 6) is 0. The quantitative estimate of drug-likeness (QED) is 0.858. The van der Waals surface area contributed by atoms with Gasteiger partial charge < -0.3 is 10.2 Å². The van der Waals surface area contributed by atoms with Crippen LogP contribution in [0.5, 0.6) is 0 Å². The summed E-state index contributed by atoms with van der Waals surface area (Å²) in [5.41, 5.74) is 1.06. The molecule has 1 aromatic carbocycles. The van der Waals surface area contributed by atoms with Crippen molar-refractivity contribution >= 4 is 29.0 Å². The molecule has 6 heteroatoms. The molecule has 1 aliphatic rings. The number of rotatable bonds is 4. The maximum atomic E-state index is 12.6. The molecule has 3 rings (SSSR count). The van der Waals surface area contributed by atoms with Crippen molar-refractivity contribution in [2.45, 2.75) is 25.9 Å². The summed E-state index contributed by atoms with van der Waals surface area (Å²) in [4.78, 5) is 18.3. The molecular formula is C19H24ClN3OS. The Morgan fingerprint density at radius 3 is 2.72 bits per heavy atom. The van der Waals surface area contributed by atoms with Gasteiger partial charge in [0.1, 0.15) is 0 Å². The zero-order chi connectivity index (χ0) is 17.6. The molecule has 4 nitrogen and oxygen atoms in total. The fraction of sp³-hybridized carbons (Fsp3) is 0.421. The number of nitrogens with one attached hydrogen (secondary N) is 1. The van der Waals surface area contributed by atoms with Gasteiger partial charge in [-0.1, -0.05) is 29.8 Å². The monoisotopic (exact) mass is 377 g/mol. The highest BCUT2D eigenvalue weighted by atomic mass is 35.5. The molecular weight excluding hydrogens is 354 g/mol. The smallest absolute Gasteiger partial charge is 0.317 e. The van der Waals surface area contributed by atoms with Crippen LogP contribution in [0.3, 0.4) is 0 Å². The standard InChI is InChI=1S/C19H24ClN3OS/c1-15(16-5-7-17(20)8-6-16)21-19(24)23-10-3-9-22(11-12-23)14-18-4-2-13-25-18/h2,4-8,13,15H,3,9-12,14H2,1H3,(H,21,24)/t15-/m0/s1. The van der Waals surface area contributed by atoms with Gasteiger partial charge in [-0.25, -0.2) is 4.79 Å². The van der Waals surface area contributed by atoms with Crippen LogP contribution in [0.4, 0.5) is 4.79 Å². The predicted molar refractivity (Wildman–Crippen MR) is 104 cm³/mol. The van der Waals surface area contributed by atoms with Crippen LogP contribution >= 0.6 is 22.9 Å². The van der Waals surface area contributed by atoms with Crippen molar-refractivity contribution in [3.8, 4) is 0 Å². The Balaban J connectivity index is 1.51. The number of benzene rings is 1. The third-order valence-corrected chi connectivity index (χ3v) is 5.66. The molecule has 1 aliphatic heterocycles. The lowest BCUT2D eigenvalue weighted by Gasteiger charge is -2.24. The molecule has 0 unspecified atom stereocenters. The van der Waals surface area contributed by atoms with Gasteiger partial charge in [-0.05, 0) is 42.5 Å². The van der Waals surface area contributed by atoms with Crippen LogP contribution < -0.4 is 5.32 Å². The fourth-order valence-electron chi connectivity index (χ4n) is 3.07. The van der Waals surface area contributed by atoms with E-state index >= 15 is 0 Å². The first-order chi connectivity index (χ1) is 12.1. The number of nitrogens with zero attached hydrogens (tertiary/aromatic N) is 2. The van der Waals surface area contributed by atoms with E-state index in [0.717, 1.165) is 44.7 Å². The van der Waals surface area contributed by atoms with Gasteiger partial charge >= 0.3 is 6.03 Å². The summed E-state index contributed by atoms with van der Waals surface area (Å²) in [6.07, 6.45) is 1.01. The largest absolute Gasteiger partial charge is 0.331 e. The summed E-state index contributed by atoms with van der Waals surface area (Å²) in [5, 5.41) is 5.93. The molecule has 1 N–H and O–H groups in total. The summed E-state index contributed by atoms with van der Waals surface area (Å²) >= 11 is 7.72. The maximum Gasteiger partial charge on any atom is 0.317 e. The van der Waals surface area contributed by atoms with Crippen molar-refractivity contribution in [1.29, 1.82) is 0 Å². The van der Waals surface area contributed by atoms with Crippen LogP contribution in [-0.4, -0.2) is 42.0 Å². The second kappa shape index (κ2) is 8.70. The number of thiophene rings is 1. The van der Waals surface area contributed by atoms with Gasteiger partial charge in [0.05, 0.1) is 6.04 Å². The van der Waals surface area contributed by atoms with Crippen molar-refractivity contribution in [3.05, 3.63) is 57.2 Å². The maximum absolute atomic E-state index is 12.6. The summed E-state index contributed by atoms with van der Waals surface area (Å²) in [6.45, 7) is 6.51. The van der Waals surface area contributed by atoms with E-state index in [0.29, 0.717) is 5.02 Å². The van der Waals surface area contributed by atoms with Crippen LogP contribution in [0, 0.1) is 0 Å². The molecule has 0 spiro atoms. The Hall–Kier alpha value is -1.56. The van der Waals surface area contributed by atoms with Gasteiger partial charge in [-0.2, -0.15) is 0 Å². The Labute approximate surface area is 158 Å². The first-order valence-electron chi connectivity index (χ1n) is 8.67. The van der Waals surface area contributed by atoms with Crippen molar-refractivity contribution in [2.24, 2.45) is 0 Å². The van der Waals surface area contributed by atoms with Crippen molar-refractivity contribution in [1.82, 2.24) is 15.1 Å². The average Bonchev–Trinajstić information content (AvgIpc) is 2.99. The predicted octanol–water partition coefficient (Wildman–Crippen LogP) is 4.38. The van der Waals surface area contributed by atoms with E-state index in [1.54, 1.807) is 11.3 Å². The number of halogens is 1. The van der Waals surface area contributed by atoms with Crippen molar-refractivity contribution in [3.63, 3.8) is 0 Å². The number of hydrogen-bond acceptors (Lipinski definition) is 3. The molecule has 0 aliphatic carbocycles. The second-order valence-electron chi connectivity index (χ2n) is 6.42. The van der Waals surface area contributed by atoms with Crippen LogP contribution in [-0.2, 0) is 6.54 Å². The van der Waals surface area contributed by atoms with Gasteiger partial charge in [0.15, 0.2) is 0 Å². The first-order valence-corrected chi connectivity index (χ1v) is 9.93. The minimum atomic E-state index is -0.0322. The summed E-state index contributed by atoms with van der Waals surface area (Å²) in [6, 6.07) is 11.9. The number of carbonyl (C=O) groups is 1. The average molecular weight is 378 g/mol. The zero-order valence-electron chi connectivity index (χ0n) is 14.5. The zero-order valence-corrected chi connectivity index (χ0v) is 16.0. The second-order valence-corrected chi connectivity index (χ2v) is 7.89. The lowest BCUT2D eigenvalue weighted by atomic mass is 10.1. The van der Waals surface area contributed by atoms with E-state index in [-0.39, 0.29) is 12.1 Å². The van der Waals surface area contributed by atoms with Crippen LogP contribution in [0.15, 0.2) is 41.8 Å². The molecule has 134 valence electrons. The van der Waals surface area contributed by atoms with Crippen LogP contribution in [0.2, 0.25) is 5.02 Å². The van der Waals surface area contributed by atoms with Crippen LogP contribution in [0.1, 0.15) is 29.8 Å². The van der Waals surface area contributed by atoms with Crippen molar-refractivity contribution in [2.75, 3.05) is 26.2 Å². The van der Waals surface area contributed by atoms with E-state index in [4.69, 9.17) is 11.6 Å². The molecule has 0 saturated carbocycles. The van der Waals surface area contributed by atoms with E-state index in [2.05, 4.69) is 27.7 Å². The minimum Gasteiger partial charge on any atom is -0.331 e. The van der Waals surface area contributed by atoms with E-state index in [9.17, 15) is 4.79 Å². The summed E-state index contributed by atoms with van der Waals surface area (Å²) in [7, 11) is 0. The Kier molecular flexibility index (Phi) is 6.34. The lowest BCUT2D eigenvalue weighted by Crippen LogP contribution is -2.42. The molecule has 2 aromatic rings. The highest BCUT2D eigenvalue weighted by Crippen LogP contribution is 2.17. The molecule has 1 aromatic heterocycles. The lowest BCUT2D eigenvalue weighted by molar-refractivity contribution is 0.194. The summed E-state index contributed by atoms with van der Waals surface area (Å²) < 4.78 is 0. The third-order valence-electron chi connectivity index (χ3n) is 4.55. The SMILES string of the molecule is C[C@H](NC(=O)N1CCCN(Cc2cccs2)CC1)c1ccc(Cl)cc1. The molecule has 1 atom stereocenters. The molecule has 1 fully saturated rings. The van der Waals surface area contributed by atoms with Gasteiger partial charge in [0, 0.05) is 42.6 Å². The number of urea groups is 1. The molecule has 1 saturated heterocycles. The highest BCUT2D eigenvalue weighted by molar-refractivity contribution is 7.09. The molecule has 2 heterocycles. The molecule has 0 bridgehead atoms. The van der Waals surface area contributed by atoms with Crippen LogP contribution in [0.25, 0.3) is 0 Å². The van der Waals surface area contributed by atoms with Gasteiger partial charge in [-0.15, -0.1) is 11.3 Å². The number of amides is 2. The molecule has 2 amide bonds. The van der Waals surface area contributed by atoms with E-state index < -0.39 is 0 Å². The van der Waals surface area contributed by atoms with Gasteiger partial charge in [0.2, 0.25) is 0 Å². The number of hydrogen-bond donors (Lipinski definition) is 1. The van der Waals surface area contributed by atoms with Gasteiger partial charge in [-0.3, -0.25) is 4.90 Å².